The number of allylic oxidation sites excluding steroid dienone is 2. The van der Waals surface area contributed by atoms with Gasteiger partial charge in [0.2, 0.25) is 0 Å². The topological polar surface area (TPSA) is 0 Å². The minimum atomic E-state index is -0.997. The van der Waals surface area contributed by atoms with Gasteiger partial charge in [-0.15, -0.1) is 0 Å². The lowest BCUT2D eigenvalue weighted by atomic mass is 9.72. The molecule has 1 saturated carbocycles. The standard InChI is InChI=1S/C16H30Si/c1-15(2,3)13-7-9-14(10-8-13)16(11-12-16)17(4,5)6/h9,13H,7-8,10-12H2,1-6H3. The fraction of sp³-hybridized carbons (Fsp3) is 0.875. The van der Waals surface area contributed by atoms with E-state index in [0.29, 0.717) is 5.41 Å². The molecule has 0 bridgehead atoms. The predicted molar refractivity (Wildman–Crippen MR) is 80.2 cm³/mol. The molecule has 2 rings (SSSR count). The van der Waals surface area contributed by atoms with Crippen LogP contribution in [0.5, 0.6) is 0 Å². The third-order valence-electron chi connectivity index (χ3n) is 5.44. The van der Waals surface area contributed by atoms with E-state index in [1.807, 2.05) is 5.57 Å². The van der Waals surface area contributed by atoms with Gasteiger partial charge in [0.1, 0.15) is 0 Å². The van der Waals surface area contributed by atoms with Gasteiger partial charge < -0.3 is 0 Å². The first kappa shape index (κ1) is 13.4. The maximum atomic E-state index is 2.64. The van der Waals surface area contributed by atoms with Gasteiger partial charge in [0.15, 0.2) is 0 Å². The van der Waals surface area contributed by atoms with Crippen LogP contribution in [-0.2, 0) is 0 Å². The fourth-order valence-corrected chi connectivity index (χ4v) is 6.55. The highest BCUT2D eigenvalue weighted by molar-refractivity contribution is 6.80. The minimum absolute atomic E-state index is 0.498. The molecule has 2 aliphatic rings. The summed E-state index contributed by atoms with van der Waals surface area (Å²) in [6, 6.07) is 0. The molecule has 1 heteroatoms. The van der Waals surface area contributed by atoms with Gasteiger partial charge in [0, 0.05) is 0 Å². The average molecular weight is 251 g/mol. The van der Waals surface area contributed by atoms with Crippen LogP contribution in [0.4, 0.5) is 0 Å². The van der Waals surface area contributed by atoms with Crippen molar-refractivity contribution in [3.63, 3.8) is 0 Å². The summed E-state index contributed by atoms with van der Waals surface area (Å²) in [5.74, 6) is 0.906. The molecule has 0 aromatic heterocycles. The molecule has 1 unspecified atom stereocenters. The summed E-state index contributed by atoms with van der Waals surface area (Å²) in [4.78, 5) is 0. The van der Waals surface area contributed by atoms with Crippen LogP contribution in [-0.4, -0.2) is 8.07 Å². The molecule has 1 fully saturated rings. The van der Waals surface area contributed by atoms with Gasteiger partial charge in [0.05, 0.1) is 8.07 Å². The van der Waals surface area contributed by atoms with Gasteiger partial charge >= 0.3 is 0 Å². The van der Waals surface area contributed by atoms with Crippen molar-refractivity contribution in [1.82, 2.24) is 0 Å². The van der Waals surface area contributed by atoms with Crippen molar-refractivity contribution in [2.45, 2.75) is 77.6 Å². The number of rotatable bonds is 2. The van der Waals surface area contributed by atoms with Crippen LogP contribution in [0.2, 0.25) is 24.7 Å². The lowest BCUT2D eigenvalue weighted by Gasteiger charge is -2.38. The molecule has 0 N–H and O–H groups in total. The Kier molecular flexibility index (Phi) is 3.13. The molecule has 0 aromatic rings. The molecule has 0 nitrogen and oxygen atoms in total. The molecule has 0 aromatic carbocycles. The maximum Gasteiger partial charge on any atom is 0.0552 e. The zero-order valence-corrected chi connectivity index (χ0v) is 13.7. The smallest absolute Gasteiger partial charge is 0.0552 e. The highest BCUT2D eigenvalue weighted by Crippen LogP contribution is 2.67. The Hall–Kier alpha value is -0.0431. The van der Waals surface area contributed by atoms with Crippen LogP contribution in [0.3, 0.4) is 0 Å². The van der Waals surface area contributed by atoms with Gasteiger partial charge in [0.25, 0.3) is 0 Å². The van der Waals surface area contributed by atoms with Gasteiger partial charge in [-0.25, -0.2) is 0 Å². The van der Waals surface area contributed by atoms with E-state index in [-0.39, 0.29) is 0 Å². The number of hydrogen-bond acceptors (Lipinski definition) is 0. The molecule has 0 aliphatic heterocycles. The Morgan fingerprint density at radius 2 is 1.76 bits per heavy atom. The molecule has 0 heterocycles. The SMILES string of the molecule is CC(C)(C)C1CC=C(C2([Si](C)(C)C)CC2)CC1. The summed E-state index contributed by atoms with van der Waals surface area (Å²) >= 11 is 0. The van der Waals surface area contributed by atoms with Crippen LogP contribution in [0, 0.1) is 11.3 Å². The summed E-state index contributed by atoms with van der Waals surface area (Å²) < 4.78 is 0. The van der Waals surface area contributed by atoms with Crippen molar-refractivity contribution in [2.24, 2.45) is 11.3 Å². The van der Waals surface area contributed by atoms with Crippen molar-refractivity contribution >= 4 is 8.07 Å². The normalized spacial score (nSPS) is 28.8. The summed E-state index contributed by atoms with van der Waals surface area (Å²) in [5, 5.41) is 0.718. The van der Waals surface area contributed by atoms with E-state index in [9.17, 15) is 0 Å². The highest BCUT2D eigenvalue weighted by atomic mass is 28.3. The molecule has 0 spiro atoms. The van der Waals surface area contributed by atoms with Gasteiger partial charge in [-0.3, -0.25) is 0 Å². The summed E-state index contributed by atoms with van der Waals surface area (Å²) in [6.45, 7) is 14.9. The van der Waals surface area contributed by atoms with Crippen LogP contribution < -0.4 is 0 Å². The van der Waals surface area contributed by atoms with Crippen molar-refractivity contribution in [1.29, 1.82) is 0 Å². The van der Waals surface area contributed by atoms with Gasteiger partial charge in [-0.1, -0.05) is 52.1 Å². The Balaban J connectivity index is 2.10. The van der Waals surface area contributed by atoms with E-state index in [1.54, 1.807) is 0 Å². The molecule has 98 valence electrons. The quantitative estimate of drug-likeness (QED) is 0.440. The van der Waals surface area contributed by atoms with Gasteiger partial charge in [-0.05, 0) is 48.5 Å². The summed E-state index contributed by atoms with van der Waals surface area (Å²) in [5.41, 5.74) is 2.36. The maximum absolute atomic E-state index is 2.64. The lowest BCUT2D eigenvalue weighted by Crippen LogP contribution is -2.33. The third-order valence-corrected chi connectivity index (χ3v) is 9.13. The zero-order chi connectivity index (χ0) is 12.9. The van der Waals surface area contributed by atoms with Crippen molar-refractivity contribution in [2.75, 3.05) is 0 Å². The molecular weight excluding hydrogens is 220 g/mol. The molecule has 17 heavy (non-hydrogen) atoms. The zero-order valence-electron chi connectivity index (χ0n) is 12.7. The second-order valence-corrected chi connectivity index (χ2v) is 13.9. The van der Waals surface area contributed by atoms with Crippen LogP contribution >= 0.6 is 0 Å². The molecule has 0 amide bonds. The van der Waals surface area contributed by atoms with E-state index < -0.39 is 8.07 Å². The summed E-state index contributed by atoms with van der Waals surface area (Å²) in [7, 11) is -0.997. The van der Waals surface area contributed by atoms with E-state index in [0.717, 1.165) is 11.0 Å². The summed E-state index contributed by atoms with van der Waals surface area (Å²) in [6.07, 6.45) is 9.80. The van der Waals surface area contributed by atoms with Crippen LogP contribution in [0.1, 0.15) is 52.9 Å². The first-order valence-corrected chi connectivity index (χ1v) is 10.9. The largest absolute Gasteiger partial charge is 0.0848 e. The minimum Gasteiger partial charge on any atom is -0.0848 e. The van der Waals surface area contributed by atoms with E-state index >= 15 is 0 Å². The molecule has 2 aliphatic carbocycles. The average Bonchev–Trinajstić information content (AvgIpc) is 2.96. The van der Waals surface area contributed by atoms with Crippen LogP contribution in [0.25, 0.3) is 0 Å². The van der Waals surface area contributed by atoms with E-state index in [2.05, 4.69) is 46.5 Å². The highest BCUT2D eigenvalue weighted by Gasteiger charge is 2.55. The molecule has 0 saturated heterocycles. The van der Waals surface area contributed by atoms with Crippen LogP contribution in [0.15, 0.2) is 11.6 Å². The van der Waals surface area contributed by atoms with Gasteiger partial charge in [-0.2, -0.15) is 0 Å². The van der Waals surface area contributed by atoms with E-state index in [4.69, 9.17) is 0 Å². The molecule has 1 atom stereocenters. The Morgan fingerprint density at radius 1 is 1.18 bits per heavy atom. The first-order chi connectivity index (χ1) is 7.67. The second-order valence-electron chi connectivity index (χ2n) is 8.40. The van der Waals surface area contributed by atoms with Crippen molar-refractivity contribution < 1.29 is 0 Å². The van der Waals surface area contributed by atoms with Crippen molar-refractivity contribution in [3.8, 4) is 0 Å². The third kappa shape index (κ3) is 2.40. The Bertz CT molecular complexity index is 320. The van der Waals surface area contributed by atoms with E-state index in [1.165, 1.54) is 32.1 Å². The monoisotopic (exact) mass is 250 g/mol. The fourth-order valence-electron chi connectivity index (χ4n) is 3.73. The number of hydrogen-bond donors (Lipinski definition) is 0. The molecular formula is C16H30Si. The van der Waals surface area contributed by atoms with Crippen molar-refractivity contribution in [3.05, 3.63) is 11.6 Å². The first-order valence-electron chi connectivity index (χ1n) is 7.36. The second kappa shape index (κ2) is 3.98. The Labute approximate surface area is 109 Å². The lowest BCUT2D eigenvalue weighted by molar-refractivity contribution is 0.219. The Morgan fingerprint density at radius 3 is 2.06 bits per heavy atom. The molecule has 0 radical (unpaired) electrons. The predicted octanol–water partition coefficient (Wildman–Crippen LogP) is 5.63.